The van der Waals surface area contributed by atoms with Crippen molar-refractivity contribution in [1.29, 1.82) is 0 Å². The van der Waals surface area contributed by atoms with Gasteiger partial charge < -0.3 is 10.1 Å². The van der Waals surface area contributed by atoms with Crippen LogP contribution in [0.4, 0.5) is 4.79 Å². The highest BCUT2D eigenvalue weighted by molar-refractivity contribution is 5.79. The number of aromatic nitrogens is 1. The third-order valence-corrected chi connectivity index (χ3v) is 4.76. The van der Waals surface area contributed by atoms with Gasteiger partial charge in [0.1, 0.15) is 6.61 Å². The number of nitrogens with zero attached hydrogens (tertiary/aromatic N) is 1. The number of ether oxygens (including phenoxy) is 1. The summed E-state index contributed by atoms with van der Waals surface area (Å²) in [6, 6.07) is 20.3. The third-order valence-electron chi connectivity index (χ3n) is 4.76. The Morgan fingerprint density at radius 3 is 2.39 bits per heavy atom. The lowest BCUT2D eigenvalue weighted by atomic mass is 9.98. The number of benzene rings is 2. The molecule has 0 spiro atoms. The number of fused-ring (bicyclic) bond motifs is 3. The Balaban J connectivity index is 1.30. The molecule has 0 saturated carbocycles. The lowest BCUT2D eigenvalue weighted by Gasteiger charge is -2.14. The molecule has 1 aromatic heterocycles. The highest BCUT2D eigenvalue weighted by atomic mass is 16.5. The predicted octanol–water partition coefficient (Wildman–Crippen LogP) is 4.36. The Kier molecular flexibility index (Phi) is 5.35. The van der Waals surface area contributed by atoms with Crippen molar-refractivity contribution in [2.75, 3.05) is 13.2 Å². The number of hydrogen-bond donors (Lipinski definition) is 1. The molecule has 4 heteroatoms. The van der Waals surface area contributed by atoms with Crippen molar-refractivity contribution in [3.05, 3.63) is 89.7 Å². The summed E-state index contributed by atoms with van der Waals surface area (Å²) in [6.45, 7) is 0.769. The van der Waals surface area contributed by atoms with Gasteiger partial charge in [0.05, 0.1) is 0 Å². The maximum absolute atomic E-state index is 12.1. The predicted molar refractivity (Wildman–Crippen MR) is 109 cm³/mol. The average Bonchev–Trinajstić information content (AvgIpc) is 3.07. The van der Waals surface area contributed by atoms with Crippen molar-refractivity contribution in [3.63, 3.8) is 0 Å². The zero-order valence-corrected chi connectivity index (χ0v) is 15.4. The van der Waals surface area contributed by atoms with Gasteiger partial charge >= 0.3 is 6.09 Å². The van der Waals surface area contributed by atoms with Crippen LogP contribution < -0.4 is 5.32 Å². The van der Waals surface area contributed by atoms with Gasteiger partial charge in [-0.25, -0.2) is 4.79 Å². The molecule has 4 rings (SSSR count). The quantitative estimate of drug-likeness (QED) is 0.550. The summed E-state index contributed by atoms with van der Waals surface area (Å²) in [4.78, 5) is 16.1. The zero-order chi connectivity index (χ0) is 19.2. The van der Waals surface area contributed by atoms with Crippen LogP contribution in [-0.4, -0.2) is 24.2 Å². The topological polar surface area (TPSA) is 51.2 Å². The summed E-state index contributed by atoms with van der Waals surface area (Å²) < 4.78 is 5.50. The van der Waals surface area contributed by atoms with E-state index < -0.39 is 6.09 Å². The van der Waals surface area contributed by atoms with Crippen molar-refractivity contribution in [2.24, 2.45) is 0 Å². The van der Waals surface area contributed by atoms with Gasteiger partial charge in [-0.1, -0.05) is 60.4 Å². The Morgan fingerprint density at radius 1 is 1.00 bits per heavy atom. The molecule has 1 aliphatic carbocycles. The molecule has 1 N–H and O–H groups in total. The Bertz CT molecular complexity index is 989. The monoisotopic (exact) mass is 368 g/mol. The van der Waals surface area contributed by atoms with Gasteiger partial charge in [0.25, 0.3) is 0 Å². The first-order valence-electron chi connectivity index (χ1n) is 9.30. The molecule has 0 fully saturated rings. The number of carbonyl (C=O) groups is 1. The number of nitrogens with one attached hydrogen (secondary N) is 1. The summed E-state index contributed by atoms with van der Waals surface area (Å²) in [5.41, 5.74) is 5.72. The van der Waals surface area contributed by atoms with Crippen LogP contribution in [-0.2, 0) is 4.74 Å². The molecule has 0 unspecified atom stereocenters. The van der Waals surface area contributed by atoms with Crippen molar-refractivity contribution in [3.8, 4) is 23.0 Å². The van der Waals surface area contributed by atoms with Crippen LogP contribution in [0.2, 0.25) is 0 Å². The molecule has 138 valence electrons. The molecular formula is C24H20N2O2. The smallest absolute Gasteiger partial charge is 0.407 e. The molecule has 3 aromatic rings. The zero-order valence-electron chi connectivity index (χ0n) is 15.4. The van der Waals surface area contributed by atoms with E-state index in [-0.39, 0.29) is 5.92 Å². The van der Waals surface area contributed by atoms with Gasteiger partial charge in [-0.2, -0.15) is 0 Å². The minimum Gasteiger partial charge on any atom is -0.449 e. The second-order valence-corrected chi connectivity index (χ2v) is 6.55. The van der Waals surface area contributed by atoms with Gasteiger partial charge in [-0.05, 0) is 34.4 Å². The molecule has 0 radical (unpaired) electrons. The Labute approximate surface area is 164 Å². The highest BCUT2D eigenvalue weighted by Crippen LogP contribution is 2.44. The van der Waals surface area contributed by atoms with E-state index in [1.54, 1.807) is 12.4 Å². The summed E-state index contributed by atoms with van der Waals surface area (Å²) in [6.07, 6.45) is 3.57. The van der Waals surface area contributed by atoms with Gasteiger partial charge in [0.2, 0.25) is 0 Å². The second-order valence-electron chi connectivity index (χ2n) is 6.55. The van der Waals surface area contributed by atoms with E-state index in [0.717, 1.165) is 5.56 Å². The van der Waals surface area contributed by atoms with Crippen LogP contribution in [0.25, 0.3) is 11.1 Å². The Hall–Kier alpha value is -3.58. The number of carbonyl (C=O) groups excluding carboxylic acids is 1. The molecule has 0 atom stereocenters. The summed E-state index contributed by atoms with van der Waals surface area (Å²) in [7, 11) is 0. The lowest BCUT2D eigenvalue weighted by molar-refractivity contribution is 0.143. The van der Waals surface area contributed by atoms with Crippen LogP contribution in [0.5, 0.6) is 0 Å². The molecule has 0 aliphatic heterocycles. The average molecular weight is 368 g/mol. The van der Waals surface area contributed by atoms with E-state index in [9.17, 15) is 4.79 Å². The van der Waals surface area contributed by atoms with Gasteiger partial charge in [-0.15, -0.1) is 0 Å². The molecule has 0 bridgehead atoms. The first-order chi connectivity index (χ1) is 13.8. The van der Waals surface area contributed by atoms with Gasteiger partial charge in [0.15, 0.2) is 0 Å². The maximum Gasteiger partial charge on any atom is 0.407 e. The highest BCUT2D eigenvalue weighted by Gasteiger charge is 2.28. The first kappa shape index (κ1) is 17.8. The van der Waals surface area contributed by atoms with Gasteiger partial charge in [-0.3, -0.25) is 4.98 Å². The van der Waals surface area contributed by atoms with Crippen molar-refractivity contribution < 1.29 is 9.53 Å². The molecule has 0 saturated heterocycles. The SMILES string of the molecule is O=C(NCCC#Cc1cccnc1)OCC1c2ccccc2-c2ccccc21. The second kappa shape index (κ2) is 8.41. The summed E-state index contributed by atoms with van der Waals surface area (Å²) >= 11 is 0. The van der Waals surface area contributed by atoms with Crippen LogP contribution in [0.3, 0.4) is 0 Å². The maximum atomic E-state index is 12.1. The fourth-order valence-corrected chi connectivity index (χ4v) is 3.48. The van der Waals surface area contributed by atoms with Crippen LogP contribution in [0.15, 0.2) is 73.1 Å². The lowest BCUT2D eigenvalue weighted by Crippen LogP contribution is -2.26. The normalized spacial score (nSPS) is 11.7. The number of pyridine rings is 1. The number of hydrogen-bond acceptors (Lipinski definition) is 3. The van der Waals surface area contributed by atoms with E-state index in [1.807, 2.05) is 36.4 Å². The summed E-state index contributed by atoms with van der Waals surface area (Å²) in [5.74, 6) is 6.11. The van der Waals surface area contributed by atoms with E-state index in [2.05, 4.69) is 46.4 Å². The largest absolute Gasteiger partial charge is 0.449 e. The van der Waals surface area contributed by atoms with E-state index in [1.165, 1.54) is 22.3 Å². The fraction of sp³-hybridized carbons (Fsp3) is 0.167. The molecule has 1 heterocycles. The Morgan fingerprint density at radius 2 is 1.71 bits per heavy atom. The number of rotatable bonds is 4. The standard InChI is InChI=1S/C24H20N2O2/c27-24(26-15-6-5-8-18-9-7-14-25-16-18)28-17-23-21-12-3-1-10-19(21)20-11-2-4-13-22(20)23/h1-4,7,9-14,16,23H,6,15,17H2,(H,26,27). The number of alkyl carbamates (subject to hydrolysis) is 1. The molecule has 4 nitrogen and oxygen atoms in total. The van der Waals surface area contributed by atoms with Crippen molar-refractivity contribution in [1.82, 2.24) is 10.3 Å². The van der Waals surface area contributed by atoms with Crippen LogP contribution >= 0.6 is 0 Å². The van der Waals surface area contributed by atoms with E-state index in [0.29, 0.717) is 19.6 Å². The minimum absolute atomic E-state index is 0.0727. The number of amides is 1. The molecule has 28 heavy (non-hydrogen) atoms. The van der Waals surface area contributed by atoms with Gasteiger partial charge in [0, 0.05) is 36.8 Å². The van der Waals surface area contributed by atoms with Crippen LogP contribution in [0, 0.1) is 11.8 Å². The van der Waals surface area contributed by atoms with Crippen LogP contribution in [0.1, 0.15) is 29.0 Å². The summed E-state index contributed by atoms with van der Waals surface area (Å²) in [5, 5.41) is 2.76. The van der Waals surface area contributed by atoms with Crippen molar-refractivity contribution >= 4 is 6.09 Å². The minimum atomic E-state index is -0.412. The van der Waals surface area contributed by atoms with E-state index >= 15 is 0 Å². The van der Waals surface area contributed by atoms with E-state index in [4.69, 9.17) is 4.74 Å². The molecule has 2 aromatic carbocycles. The van der Waals surface area contributed by atoms with Crippen molar-refractivity contribution in [2.45, 2.75) is 12.3 Å². The first-order valence-corrected chi connectivity index (χ1v) is 9.30. The molecular weight excluding hydrogens is 348 g/mol. The third kappa shape index (κ3) is 3.89. The molecule has 1 amide bonds. The fourth-order valence-electron chi connectivity index (χ4n) is 3.48. The molecule has 1 aliphatic rings.